The van der Waals surface area contributed by atoms with Crippen molar-refractivity contribution in [2.75, 3.05) is 19.6 Å². The van der Waals surface area contributed by atoms with Gasteiger partial charge in [0.25, 0.3) is 0 Å². The lowest BCUT2D eigenvalue weighted by Crippen LogP contribution is -2.59. The third-order valence-corrected chi connectivity index (χ3v) is 5.37. The Bertz CT molecular complexity index is 191. The molecular weight excluding hydrogens is 197 g/mol. The number of piperidine rings is 1. The van der Waals surface area contributed by atoms with Gasteiger partial charge in [0.2, 0.25) is 16.3 Å². The molecule has 2 saturated heterocycles. The molecule has 0 radical (unpaired) electrons. The van der Waals surface area contributed by atoms with E-state index in [1.165, 1.54) is 13.1 Å². The van der Waals surface area contributed by atoms with E-state index in [9.17, 15) is 4.39 Å². The molecule has 2 rings (SSSR count). The van der Waals surface area contributed by atoms with Crippen molar-refractivity contribution < 1.29 is 4.39 Å². The van der Waals surface area contributed by atoms with Crippen molar-refractivity contribution in [1.29, 1.82) is 0 Å². The highest BCUT2D eigenvalue weighted by atomic mass is 27.1. The molecule has 0 saturated carbocycles. The van der Waals surface area contributed by atoms with Crippen molar-refractivity contribution in [2.45, 2.75) is 30.0 Å². The summed E-state index contributed by atoms with van der Waals surface area (Å²) >= 11 is 2.27. The normalized spacial score (nSPS) is 43.0. The van der Waals surface area contributed by atoms with Crippen LogP contribution in [0.2, 0.25) is 0 Å². The Morgan fingerprint density at radius 3 is 2.77 bits per heavy atom. The molecule has 2 aliphatic rings. The van der Waals surface area contributed by atoms with Gasteiger partial charge in [-0.1, -0.05) is 0 Å². The fraction of sp³-hybridized carbons (Fsp3) is 1.00. The van der Waals surface area contributed by atoms with Gasteiger partial charge in [-0.05, 0) is 30.8 Å². The lowest BCUT2D eigenvalue weighted by molar-refractivity contribution is 0.0320. The number of rotatable bonds is 0. The van der Waals surface area contributed by atoms with Crippen LogP contribution >= 0.6 is 0 Å². The van der Waals surface area contributed by atoms with Crippen LogP contribution in [0.15, 0.2) is 0 Å². The molecule has 0 N–H and O–H groups in total. The van der Waals surface area contributed by atoms with E-state index < -0.39 is 6.17 Å². The molecule has 0 aromatic carbocycles. The zero-order valence-corrected chi connectivity index (χ0v) is 12.5. The smallest absolute Gasteiger partial charge is 0.321 e. The number of nitrogens with zero attached hydrogens (tertiary/aromatic N) is 2. The van der Waals surface area contributed by atoms with Crippen LogP contribution in [0.1, 0.15) is 12.8 Å². The van der Waals surface area contributed by atoms with Crippen LogP contribution < -0.4 is 0 Å². The highest BCUT2D eigenvalue weighted by molar-refractivity contribution is 6.11. The van der Waals surface area contributed by atoms with Crippen LogP contribution in [0.5, 0.6) is 0 Å². The van der Waals surface area contributed by atoms with Gasteiger partial charge in [-0.3, -0.25) is 0 Å². The van der Waals surface area contributed by atoms with Gasteiger partial charge in [0.05, 0.1) is 0 Å². The number of piperazine rings is 1. The maximum atomic E-state index is 13.3. The van der Waals surface area contributed by atoms with Gasteiger partial charge in [0, 0.05) is 12.6 Å². The number of alkyl halides is 1. The van der Waals surface area contributed by atoms with E-state index in [1.54, 1.807) is 0 Å². The second-order valence-electron chi connectivity index (χ2n) is 4.57. The average Bonchev–Trinajstić information content (AvgIpc) is 2.02. The SMILES string of the molecule is FC1C[C@H]2C[N]([AlH2])CCN2[C@@H]([AlH2])C1. The van der Waals surface area contributed by atoms with Crippen molar-refractivity contribution in [1.82, 2.24) is 8.78 Å². The zero-order valence-electron chi connectivity index (χ0n) is 8.54. The van der Waals surface area contributed by atoms with Gasteiger partial charge >= 0.3 is 16.5 Å². The van der Waals surface area contributed by atoms with Crippen LogP contribution in [0.3, 0.4) is 0 Å². The summed E-state index contributed by atoms with van der Waals surface area (Å²) in [6, 6.07) is 0.539. The molecule has 5 heteroatoms. The molecule has 2 aliphatic heterocycles. The van der Waals surface area contributed by atoms with E-state index in [1.807, 2.05) is 0 Å². The first kappa shape index (κ1) is 10.4. The number of hydrogen-bond acceptors (Lipinski definition) is 2. The number of halogens is 1. The second-order valence-corrected chi connectivity index (χ2v) is 7.17. The molecule has 0 aromatic rings. The molecule has 0 amide bonds. The fourth-order valence-electron chi connectivity index (χ4n) is 2.71. The summed E-state index contributed by atoms with van der Waals surface area (Å²) in [7, 11) is 0. The summed E-state index contributed by atoms with van der Waals surface area (Å²) in [4.78, 5) is 3.17. The third-order valence-electron chi connectivity index (χ3n) is 3.42. The van der Waals surface area contributed by atoms with Crippen LogP contribution in [-0.4, -0.2) is 78.3 Å². The summed E-state index contributed by atoms with van der Waals surface area (Å²) in [5.41, 5.74) is 0. The zero-order chi connectivity index (χ0) is 9.42. The standard InChI is InChI=1S/C8H13FN2.2Al.4H/c9-7-1-3-11-4-2-10-6-8(11)5-7;;;;;;/h3,7-8H,1-2,4-6H2;;;;;;/q-1;;+1;;;;/t7?,8-;;;;;;/m0....../s1. The molecule has 2 nitrogen and oxygen atoms in total. The molecular formula is C8H17Al2FN2. The summed E-state index contributed by atoms with van der Waals surface area (Å²) in [5, 5.41) is 0. The first-order valence-electron chi connectivity index (χ1n) is 5.25. The van der Waals surface area contributed by atoms with Crippen LogP contribution in [-0.2, 0) is 0 Å². The van der Waals surface area contributed by atoms with Gasteiger partial charge in [-0.15, -0.1) is 0 Å². The van der Waals surface area contributed by atoms with Gasteiger partial charge in [0.15, 0.2) is 0 Å². The minimum absolute atomic E-state index is 0.517. The summed E-state index contributed by atoms with van der Waals surface area (Å²) < 4.78 is 15.8. The summed E-state index contributed by atoms with van der Waals surface area (Å²) in [5.74, 6) is 0. The van der Waals surface area contributed by atoms with E-state index in [0.717, 1.165) is 52.2 Å². The summed E-state index contributed by atoms with van der Waals surface area (Å²) in [6.45, 7) is 3.54. The monoisotopic (exact) mass is 214 g/mol. The quantitative estimate of drug-likeness (QED) is 0.458. The Hall–Kier alpha value is 0.915. The van der Waals surface area contributed by atoms with E-state index in [-0.39, 0.29) is 0 Å². The maximum Gasteiger partial charge on any atom is 0.321 e. The Labute approximate surface area is 95.5 Å². The Morgan fingerprint density at radius 1 is 1.23 bits per heavy atom. The van der Waals surface area contributed by atoms with Crippen molar-refractivity contribution >= 4 is 32.8 Å². The van der Waals surface area contributed by atoms with Gasteiger partial charge < -0.3 is 8.78 Å². The maximum absolute atomic E-state index is 13.3. The lowest BCUT2D eigenvalue weighted by atomic mass is 9.98. The van der Waals surface area contributed by atoms with Crippen LogP contribution in [0.25, 0.3) is 0 Å². The molecule has 1 unspecified atom stereocenters. The minimum atomic E-state index is -0.517. The van der Waals surface area contributed by atoms with Crippen molar-refractivity contribution in [3.63, 3.8) is 0 Å². The van der Waals surface area contributed by atoms with E-state index >= 15 is 0 Å². The Balaban J connectivity index is 2.02. The first-order chi connectivity index (χ1) is 6.16. The fourth-order valence-corrected chi connectivity index (χ4v) is 4.52. The third kappa shape index (κ3) is 2.29. The van der Waals surface area contributed by atoms with Crippen molar-refractivity contribution in [2.24, 2.45) is 0 Å². The van der Waals surface area contributed by atoms with E-state index in [2.05, 4.69) is 8.78 Å². The van der Waals surface area contributed by atoms with Crippen LogP contribution in [0, 0.1) is 0 Å². The van der Waals surface area contributed by atoms with Crippen LogP contribution in [0.4, 0.5) is 4.39 Å². The van der Waals surface area contributed by atoms with E-state index in [0.29, 0.717) is 10.9 Å². The largest absolute Gasteiger partial charge is 0.388 e. The van der Waals surface area contributed by atoms with Gasteiger partial charge in [0.1, 0.15) is 6.17 Å². The number of fused-ring (bicyclic) bond motifs is 1. The van der Waals surface area contributed by atoms with Crippen molar-refractivity contribution in [3.8, 4) is 0 Å². The summed E-state index contributed by atoms with van der Waals surface area (Å²) in [6.07, 6.45) is 1.08. The average molecular weight is 214 g/mol. The predicted molar refractivity (Wildman–Crippen MR) is 57.1 cm³/mol. The lowest BCUT2D eigenvalue weighted by Gasteiger charge is -2.48. The highest BCUT2D eigenvalue weighted by Crippen LogP contribution is 2.26. The molecule has 0 bridgehead atoms. The topological polar surface area (TPSA) is 6.48 Å². The van der Waals surface area contributed by atoms with Gasteiger partial charge in [-0.2, -0.15) is 0 Å². The predicted octanol–water partition coefficient (Wildman–Crippen LogP) is -1.39. The molecule has 72 valence electrons. The molecule has 3 atom stereocenters. The Kier molecular flexibility index (Phi) is 3.36. The van der Waals surface area contributed by atoms with Crippen molar-refractivity contribution in [3.05, 3.63) is 0 Å². The molecule has 2 heterocycles. The van der Waals surface area contributed by atoms with Gasteiger partial charge in [-0.25, -0.2) is 4.39 Å². The second kappa shape index (κ2) is 4.19. The molecule has 0 spiro atoms. The minimum Gasteiger partial charge on any atom is -0.388 e. The molecule has 0 aromatic heterocycles. The first-order valence-corrected chi connectivity index (χ1v) is 7.30. The number of hydrogen-bond donors (Lipinski definition) is 0. The van der Waals surface area contributed by atoms with E-state index in [4.69, 9.17) is 0 Å². The molecule has 13 heavy (non-hydrogen) atoms. The molecule has 0 aliphatic carbocycles. The highest BCUT2D eigenvalue weighted by Gasteiger charge is 2.35. The molecule has 2 fully saturated rings. The Morgan fingerprint density at radius 2 is 2.00 bits per heavy atom.